The molecule has 38 heavy (non-hydrogen) atoms. The number of ether oxygens (including phenoxy) is 2. The molecule has 4 rings (SSSR count). The predicted octanol–water partition coefficient (Wildman–Crippen LogP) is 9.27. The molecular formula is C32H50BrNO3S. The smallest absolute Gasteiger partial charge is 0.311 e. The number of hydrogen-bond donors (Lipinski definition) is 0. The summed E-state index contributed by atoms with van der Waals surface area (Å²) in [7, 11) is 0. The van der Waals surface area contributed by atoms with Crippen molar-refractivity contribution in [2.24, 2.45) is 0 Å². The first-order chi connectivity index (χ1) is 18.1. The van der Waals surface area contributed by atoms with Crippen LogP contribution in [0.15, 0.2) is 17.0 Å². The Balaban J connectivity index is 0.00000400. The lowest BCUT2D eigenvalue weighted by molar-refractivity contribution is -0.134. The van der Waals surface area contributed by atoms with Gasteiger partial charge in [-0.05, 0) is 101 Å². The molecule has 1 saturated heterocycles. The largest absolute Gasteiger partial charge is 0.481 e. The van der Waals surface area contributed by atoms with Crippen LogP contribution < -0.4 is 9.47 Å². The predicted molar refractivity (Wildman–Crippen MR) is 167 cm³/mol. The minimum Gasteiger partial charge on any atom is -0.481 e. The van der Waals surface area contributed by atoms with Crippen molar-refractivity contribution in [3.05, 3.63) is 28.2 Å². The zero-order chi connectivity index (χ0) is 26.1. The quantitative estimate of drug-likeness (QED) is 0.113. The van der Waals surface area contributed by atoms with Gasteiger partial charge < -0.3 is 14.4 Å². The van der Waals surface area contributed by atoms with E-state index in [0.717, 1.165) is 54.9 Å². The maximum absolute atomic E-state index is 12.9. The average Bonchev–Trinajstić information content (AvgIpc) is 3.57. The summed E-state index contributed by atoms with van der Waals surface area (Å²) >= 11 is 1.99. The number of thioether (sulfide) groups is 1. The second kappa shape index (κ2) is 15.7. The number of nitrogens with zero attached hydrogens (tertiary/aromatic N) is 1. The van der Waals surface area contributed by atoms with E-state index < -0.39 is 0 Å². The molecular weight excluding hydrogens is 558 g/mol. The van der Waals surface area contributed by atoms with Crippen molar-refractivity contribution >= 4 is 40.3 Å². The Labute approximate surface area is 246 Å². The first-order valence-corrected chi connectivity index (χ1v) is 16.2. The monoisotopic (exact) mass is 607 g/mol. The second-order valence-corrected chi connectivity index (χ2v) is 12.5. The Morgan fingerprint density at radius 1 is 1.00 bits per heavy atom. The van der Waals surface area contributed by atoms with Crippen LogP contribution in [-0.2, 0) is 4.79 Å². The summed E-state index contributed by atoms with van der Waals surface area (Å²) < 4.78 is 13.1. The molecule has 0 atom stereocenters. The van der Waals surface area contributed by atoms with Gasteiger partial charge in [0.15, 0.2) is 0 Å². The Morgan fingerprint density at radius 2 is 1.68 bits per heavy atom. The van der Waals surface area contributed by atoms with Gasteiger partial charge in [0.05, 0.1) is 5.56 Å². The van der Waals surface area contributed by atoms with Crippen molar-refractivity contribution in [1.29, 1.82) is 0 Å². The molecule has 0 amide bonds. The summed E-state index contributed by atoms with van der Waals surface area (Å²) in [5.41, 5.74) is 3.32. The number of allylic oxidation sites excluding steroid dienone is 1. The summed E-state index contributed by atoms with van der Waals surface area (Å²) in [6.07, 6.45) is 17.2. The minimum absolute atomic E-state index is 0. The van der Waals surface area contributed by atoms with Gasteiger partial charge in [-0.15, -0.1) is 28.7 Å². The highest BCUT2D eigenvalue weighted by atomic mass is 79.9. The Morgan fingerprint density at radius 3 is 2.34 bits per heavy atom. The molecule has 1 aromatic rings. The lowest BCUT2D eigenvalue weighted by Crippen LogP contribution is -2.40. The number of fused-ring (bicyclic) bond motifs is 2. The van der Waals surface area contributed by atoms with Gasteiger partial charge in [-0.3, -0.25) is 4.79 Å². The van der Waals surface area contributed by atoms with Crippen molar-refractivity contribution in [3.8, 4) is 11.5 Å². The van der Waals surface area contributed by atoms with Crippen LogP contribution in [0.5, 0.6) is 11.5 Å². The van der Waals surface area contributed by atoms with E-state index in [1.165, 1.54) is 87.8 Å². The molecule has 3 aliphatic rings. The lowest BCUT2D eigenvalue weighted by atomic mass is 9.82. The number of hydrogen-bond acceptors (Lipinski definition) is 5. The molecule has 4 nitrogen and oxygen atoms in total. The molecule has 0 aromatic heterocycles. The summed E-state index contributed by atoms with van der Waals surface area (Å²) in [6, 6.07) is 4.23. The number of carbonyl (C=O) groups is 1. The lowest BCUT2D eigenvalue weighted by Gasteiger charge is -2.41. The molecule has 1 aromatic carbocycles. The molecule has 0 saturated carbocycles. The van der Waals surface area contributed by atoms with Gasteiger partial charge in [-0.2, -0.15) is 0 Å². The highest BCUT2D eigenvalue weighted by Gasteiger charge is 2.45. The third-order valence-corrected chi connectivity index (χ3v) is 9.57. The Hall–Kier alpha value is -0.980. The van der Waals surface area contributed by atoms with E-state index in [0.29, 0.717) is 12.2 Å². The van der Waals surface area contributed by atoms with Crippen molar-refractivity contribution in [1.82, 2.24) is 4.90 Å². The van der Waals surface area contributed by atoms with Crippen LogP contribution in [0.4, 0.5) is 0 Å². The fraction of sp³-hybridized carbons (Fsp3) is 0.719. The van der Waals surface area contributed by atoms with Crippen LogP contribution >= 0.6 is 28.7 Å². The van der Waals surface area contributed by atoms with E-state index in [9.17, 15) is 4.79 Å². The molecule has 0 aliphatic carbocycles. The van der Waals surface area contributed by atoms with Gasteiger partial charge in [0.1, 0.15) is 17.1 Å². The standard InChI is InChI=1S/C32H49NO3S.BrH/c1-4-6-8-10-17-32(18-11-9-7-5-2)31-26(16-22-37-31)30-27(23-25(3)24-28(30)36-32)35-29(34)15-14-21-33-19-12-13-20-33;/h23-24H,4-22H2,1-3H3;1H. The van der Waals surface area contributed by atoms with Crippen LogP contribution in [-0.4, -0.2) is 41.9 Å². The highest BCUT2D eigenvalue weighted by Crippen LogP contribution is 2.56. The van der Waals surface area contributed by atoms with Crippen LogP contribution in [0.2, 0.25) is 0 Å². The normalized spacial score (nSPS) is 18.1. The van der Waals surface area contributed by atoms with Crippen LogP contribution in [0.3, 0.4) is 0 Å². The number of likely N-dealkylation sites (tertiary alicyclic amines) is 1. The molecule has 214 valence electrons. The van der Waals surface area contributed by atoms with E-state index in [4.69, 9.17) is 9.47 Å². The fourth-order valence-electron chi connectivity index (χ4n) is 6.29. The molecule has 3 aliphatic heterocycles. The van der Waals surface area contributed by atoms with E-state index in [1.54, 1.807) is 0 Å². The van der Waals surface area contributed by atoms with E-state index in [-0.39, 0.29) is 28.6 Å². The molecule has 0 N–H and O–H groups in total. The number of aryl methyl sites for hydroxylation is 1. The van der Waals surface area contributed by atoms with E-state index in [2.05, 4.69) is 31.7 Å². The number of unbranched alkanes of at least 4 members (excludes halogenated alkanes) is 6. The molecule has 0 radical (unpaired) electrons. The average molecular weight is 609 g/mol. The molecule has 0 bridgehead atoms. The van der Waals surface area contributed by atoms with Crippen molar-refractivity contribution < 1.29 is 14.3 Å². The van der Waals surface area contributed by atoms with Gasteiger partial charge in [0.25, 0.3) is 0 Å². The number of benzene rings is 1. The van der Waals surface area contributed by atoms with Crippen molar-refractivity contribution in [3.63, 3.8) is 0 Å². The van der Waals surface area contributed by atoms with Gasteiger partial charge in [0, 0.05) is 17.1 Å². The second-order valence-electron chi connectivity index (χ2n) is 11.4. The summed E-state index contributed by atoms with van der Waals surface area (Å²) in [5.74, 6) is 2.63. The summed E-state index contributed by atoms with van der Waals surface area (Å²) in [5, 5.41) is 0. The third kappa shape index (κ3) is 8.04. The van der Waals surface area contributed by atoms with Crippen LogP contribution in [0, 0.1) is 6.92 Å². The van der Waals surface area contributed by atoms with E-state index >= 15 is 0 Å². The van der Waals surface area contributed by atoms with E-state index in [1.807, 2.05) is 17.8 Å². The van der Waals surface area contributed by atoms with Gasteiger partial charge in [-0.25, -0.2) is 0 Å². The highest BCUT2D eigenvalue weighted by molar-refractivity contribution is 8.93. The Kier molecular flexibility index (Phi) is 13.0. The van der Waals surface area contributed by atoms with Crippen molar-refractivity contribution in [2.75, 3.05) is 25.4 Å². The molecule has 0 spiro atoms. The topological polar surface area (TPSA) is 38.8 Å². The zero-order valence-electron chi connectivity index (χ0n) is 24.1. The first-order valence-electron chi connectivity index (χ1n) is 15.2. The Bertz CT molecular complexity index is 929. The molecule has 1 fully saturated rings. The first kappa shape index (κ1) is 31.5. The third-order valence-electron chi connectivity index (χ3n) is 8.25. The zero-order valence-corrected chi connectivity index (χ0v) is 26.6. The number of halogens is 1. The minimum atomic E-state index is -0.213. The number of carbonyl (C=O) groups excluding carboxylic acids is 1. The number of esters is 1. The van der Waals surface area contributed by atoms with Crippen LogP contribution in [0.25, 0.3) is 5.57 Å². The van der Waals surface area contributed by atoms with Crippen molar-refractivity contribution in [2.45, 2.75) is 123 Å². The molecule has 0 unspecified atom stereocenters. The summed E-state index contributed by atoms with van der Waals surface area (Å²) in [6.45, 7) is 9.98. The summed E-state index contributed by atoms with van der Waals surface area (Å²) in [4.78, 5) is 16.8. The maximum Gasteiger partial charge on any atom is 0.311 e. The van der Waals surface area contributed by atoms with Gasteiger partial charge in [0.2, 0.25) is 0 Å². The fourth-order valence-corrected chi connectivity index (χ4v) is 7.69. The number of rotatable bonds is 15. The van der Waals surface area contributed by atoms with Gasteiger partial charge >= 0.3 is 5.97 Å². The van der Waals surface area contributed by atoms with Crippen LogP contribution in [0.1, 0.15) is 121 Å². The molecule has 6 heteroatoms. The molecule has 3 heterocycles. The SMILES string of the molecule is Br.CCCCCCC1(CCCCCC)Oc2cc(C)cc(OC(=O)CCCN3CCCC3)c2C2=C1SCC2. The maximum atomic E-state index is 12.9. The van der Waals surface area contributed by atoms with Gasteiger partial charge in [-0.1, -0.05) is 52.4 Å².